The molecule has 1 unspecified atom stereocenters. The van der Waals surface area contributed by atoms with Crippen LogP contribution in [0, 0.1) is 0 Å². The third kappa shape index (κ3) is 20.9. The van der Waals surface area contributed by atoms with Crippen LogP contribution in [0.4, 0.5) is 9.59 Å². The highest BCUT2D eigenvalue weighted by Crippen LogP contribution is 2.06. The van der Waals surface area contributed by atoms with E-state index >= 15 is 0 Å². The van der Waals surface area contributed by atoms with E-state index in [4.69, 9.17) is 23.7 Å². The molecule has 0 aliphatic carbocycles. The number of esters is 2. The van der Waals surface area contributed by atoms with Crippen molar-refractivity contribution in [2.45, 2.75) is 46.3 Å². The molecule has 0 rings (SSSR count). The zero-order chi connectivity index (χ0) is 28.4. The molecule has 1 atom stereocenters. The Morgan fingerprint density at radius 3 is 1.70 bits per heavy atom. The minimum absolute atomic E-state index is 0.0995. The number of carbonyl (C=O) groups is 7. The number of amides is 4. The van der Waals surface area contributed by atoms with E-state index in [9.17, 15) is 33.6 Å². The summed E-state index contributed by atoms with van der Waals surface area (Å²) in [4.78, 5) is 80.0. The van der Waals surface area contributed by atoms with Crippen molar-refractivity contribution in [3.8, 4) is 0 Å². The standard InChI is InChI=1S/C21H34N4O12/c1-13(26)34-11-15(36-14(2)27)12-35-20(32)33-7-6-22-16(28)8-23-17(29)9-24-18(30)10-25-19(31)37-21(3,4)5/h15H,6-12H2,1-5H3,(H,22,28)(H,23,29)(H,24,30)(H,25,31). The van der Waals surface area contributed by atoms with Crippen molar-refractivity contribution in [1.29, 1.82) is 0 Å². The number of alkyl carbamates (subject to hydrolysis) is 1. The van der Waals surface area contributed by atoms with E-state index in [1.54, 1.807) is 20.8 Å². The van der Waals surface area contributed by atoms with Crippen LogP contribution in [0.3, 0.4) is 0 Å². The molecule has 0 fully saturated rings. The normalized spacial score (nSPS) is 11.2. The van der Waals surface area contributed by atoms with Gasteiger partial charge in [-0.2, -0.15) is 0 Å². The van der Waals surface area contributed by atoms with Gasteiger partial charge in [-0.05, 0) is 20.8 Å². The van der Waals surface area contributed by atoms with Gasteiger partial charge in [-0.3, -0.25) is 24.0 Å². The molecular weight excluding hydrogens is 500 g/mol. The van der Waals surface area contributed by atoms with E-state index in [1.165, 1.54) is 0 Å². The van der Waals surface area contributed by atoms with Crippen molar-refractivity contribution < 1.29 is 57.2 Å². The Kier molecular flexibility index (Phi) is 15.4. The molecule has 4 amide bonds. The lowest BCUT2D eigenvalue weighted by Crippen LogP contribution is -2.45. The van der Waals surface area contributed by atoms with Gasteiger partial charge in [0, 0.05) is 13.8 Å². The molecule has 0 bridgehead atoms. The maximum atomic E-state index is 11.7. The van der Waals surface area contributed by atoms with Gasteiger partial charge < -0.3 is 45.0 Å². The second-order valence-electron chi connectivity index (χ2n) is 8.20. The Hall–Kier alpha value is -4.11. The summed E-state index contributed by atoms with van der Waals surface area (Å²) in [6.45, 7) is 4.95. The number of carbonyl (C=O) groups excluding carboxylic acids is 7. The summed E-state index contributed by atoms with van der Waals surface area (Å²) in [5.41, 5.74) is -0.722. The molecule has 0 aliphatic heterocycles. The summed E-state index contributed by atoms with van der Waals surface area (Å²) in [5, 5.41) is 9.12. The zero-order valence-electron chi connectivity index (χ0n) is 21.4. The van der Waals surface area contributed by atoms with E-state index < -0.39 is 79.9 Å². The number of hydrogen-bond donors (Lipinski definition) is 4. The first-order valence-electron chi connectivity index (χ1n) is 11.0. The van der Waals surface area contributed by atoms with Crippen molar-refractivity contribution in [3.05, 3.63) is 0 Å². The summed E-state index contributed by atoms with van der Waals surface area (Å²) >= 11 is 0. The van der Waals surface area contributed by atoms with Crippen LogP contribution >= 0.6 is 0 Å². The molecule has 0 aromatic rings. The molecule has 16 heteroatoms. The van der Waals surface area contributed by atoms with Crippen molar-refractivity contribution in [3.63, 3.8) is 0 Å². The summed E-state index contributed by atoms with van der Waals surface area (Å²) in [6, 6.07) is 0. The molecule has 0 radical (unpaired) electrons. The molecule has 0 heterocycles. The first-order chi connectivity index (χ1) is 17.2. The number of ether oxygens (including phenoxy) is 5. The molecule has 0 saturated heterocycles. The lowest BCUT2D eigenvalue weighted by Gasteiger charge is -2.19. The second-order valence-corrected chi connectivity index (χ2v) is 8.20. The van der Waals surface area contributed by atoms with Crippen LogP contribution in [-0.2, 0) is 47.7 Å². The zero-order valence-corrected chi connectivity index (χ0v) is 21.4. The van der Waals surface area contributed by atoms with Crippen molar-refractivity contribution >= 4 is 41.9 Å². The van der Waals surface area contributed by atoms with Crippen LogP contribution in [0.15, 0.2) is 0 Å². The molecule has 0 aromatic carbocycles. The SMILES string of the molecule is CC(=O)OCC(COC(=O)OCCNC(=O)CNC(=O)CNC(=O)CNC(=O)OC(C)(C)C)OC(C)=O. The van der Waals surface area contributed by atoms with Gasteiger partial charge in [-0.15, -0.1) is 0 Å². The summed E-state index contributed by atoms with van der Waals surface area (Å²) in [6.07, 6.45) is -2.91. The summed E-state index contributed by atoms with van der Waals surface area (Å²) < 4.78 is 24.0. The molecule has 16 nitrogen and oxygen atoms in total. The van der Waals surface area contributed by atoms with Gasteiger partial charge >= 0.3 is 24.2 Å². The third-order valence-corrected chi connectivity index (χ3v) is 3.52. The predicted molar refractivity (Wildman–Crippen MR) is 123 cm³/mol. The Balaban J connectivity index is 3.99. The molecule has 0 aliphatic rings. The quantitative estimate of drug-likeness (QED) is 0.114. The first-order valence-corrected chi connectivity index (χ1v) is 11.0. The van der Waals surface area contributed by atoms with Crippen LogP contribution < -0.4 is 21.3 Å². The predicted octanol–water partition coefficient (Wildman–Crippen LogP) is -1.49. The number of rotatable bonds is 14. The maximum Gasteiger partial charge on any atom is 0.508 e. The van der Waals surface area contributed by atoms with Gasteiger partial charge in [0.15, 0.2) is 6.10 Å². The van der Waals surface area contributed by atoms with Crippen LogP contribution in [-0.4, -0.2) is 99.6 Å². The van der Waals surface area contributed by atoms with E-state index in [-0.39, 0.29) is 19.8 Å². The fourth-order valence-corrected chi connectivity index (χ4v) is 2.10. The molecule has 0 spiro atoms. The fraction of sp³-hybridized carbons (Fsp3) is 0.667. The fourth-order valence-electron chi connectivity index (χ4n) is 2.10. The molecular formula is C21H34N4O12. The Morgan fingerprint density at radius 1 is 0.676 bits per heavy atom. The van der Waals surface area contributed by atoms with Gasteiger partial charge in [0.2, 0.25) is 17.7 Å². The highest BCUT2D eigenvalue weighted by atomic mass is 16.7. The van der Waals surface area contributed by atoms with Crippen molar-refractivity contribution in [1.82, 2.24) is 21.3 Å². The summed E-state index contributed by atoms with van der Waals surface area (Å²) in [7, 11) is 0. The highest BCUT2D eigenvalue weighted by molar-refractivity contribution is 5.89. The van der Waals surface area contributed by atoms with E-state index in [0.29, 0.717) is 0 Å². The van der Waals surface area contributed by atoms with Gasteiger partial charge in [0.1, 0.15) is 32.0 Å². The average Bonchev–Trinajstić information content (AvgIpc) is 2.78. The molecule has 4 N–H and O–H groups in total. The van der Waals surface area contributed by atoms with Crippen LogP contribution in [0.25, 0.3) is 0 Å². The lowest BCUT2D eigenvalue weighted by molar-refractivity contribution is -0.159. The number of hydrogen-bond acceptors (Lipinski definition) is 12. The van der Waals surface area contributed by atoms with Gasteiger partial charge in [-0.1, -0.05) is 0 Å². The van der Waals surface area contributed by atoms with Crippen molar-refractivity contribution in [2.24, 2.45) is 0 Å². The van der Waals surface area contributed by atoms with Crippen LogP contribution in [0.1, 0.15) is 34.6 Å². The third-order valence-electron chi connectivity index (χ3n) is 3.52. The summed E-state index contributed by atoms with van der Waals surface area (Å²) in [5.74, 6) is -3.17. The topological polar surface area (TPSA) is 214 Å². The number of nitrogens with one attached hydrogen (secondary N) is 4. The lowest BCUT2D eigenvalue weighted by atomic mass is 10.2. The largest absolute Gasteiger partial charge is 0.508 e. The molecule has 0 saturated carbocycles. The van der Waals surface area contributed by atoms with Crippen LogP contribution in [0.5, 0.6) is 0 Å². The molecule has 210 valence electrons. The van der Waals surface area contributed by atoms with E-state index in [2.05, 4.69) is 21.3 Å². The molecule has 37 heavy (non-hydrogen) atoms. The average molecular weight is 535 g/mol. The highest BCUT2D eigenvalue weighted by Gasteiger charge is 2.18. The minimum atomic E-state index is -1.11. The van der Waals surface area contributed by atoms with Gasteiger partial charge in [-0.25, -0.2) is 9.59 Å². The maximum absolute atomic E-state index is 11.7. The van der Waals surface area contributed by atoms with Gasteiger partial charge in [0.25, 0.3) is 0 Å². The van der Waals surface area contributed by atoms with Gasteiger partial charge in [0.05, 0.1) is 19.6 Å². The Morgan fingerprint density at radius 2 is 1.19 bits per heavy atom. The van der Waals surface area contributed by atoms with E-state index in [1.807, 2.05) is 0 Å². The van der Waals surface area contributed by atoms with Crippen molar-refractivity contribution in [2.75, 3.05) is 46.0 Å². The first kappa shape index (κ1) is 32.9. The monoisotopic (exact) mass is 534 g/mol. The van der Waals surface area contributed by atoms with E-state index in [0.717, 1.165) is 13.8 Å². The second kappa shape index (κ2) is 17.3. The Labute approximate surface area is 213 Å². The Bertz CT molecular complexity index is 825. The van der Waals surface area contributed by atoms with Crippen LogP contribution in [0.2, 0.25) is 0 Å². The molecule has 0 aromatic heterocycles. The smallest absolute Gasteiger partial charge is 0.462 e. The minimum Gasteiger partial charge on any atom is -0.462 e.